The summed E-state index contributed by atoms with van der Waals surface area (Å²) in [7, 11) is -4.18. The first-order valence-electron chi connectivity index (χ1n) is 11.9. The van der Waals surface area contributed by atoms with Crippen LogP contribution in [-0.4, -0.2) is 70.0 Å². The number of halogens is 1. The van der Waals surface area contributed by atoms with Crippen molar-refractivity contribution in [3.63, 3.8) is 0 Å². The Kier molecular flexibility index (Phi) is 7.43. The van der Waals surface area contributed by atoms with Crippen molar-refractivity contribution in [3.8, 4) is 16.8 Å². The molecule has 39 heavy (non-hydrogen) atoms. The number of rotatable bonds is 11. The fraction of sp³-hybridized carbons (Fsp3) is 0.292. The minimum absolute atomic E-state index is 0.0747. The molecule has 1 aliphatic carbocycles. The van der Waals surface area contributed by atoms with Crippen LogP contribution in [0.5, 0.6) is 0 Å². The Morgan fingerprint density at radius 1 is 1.21 bits per heavy atom. The van der Waals surface area contributed by atoms with E-state index in [4.69, 9.17) is 0 Å². The van der Waals surface area contributed by atoms with Crippen LogP contribution in [0.4, 0.5) is 4.39 Å². The third-order valence-corrected chi connectivity index (χ3v) is 9.19. The molecule has 1 aliphatic rings. The molecule has 0 aliphatic heterocycles. The summed E-state index contributed by atoms with van der Waals surface area (Å²) < 4.78 is 43.1. The average molecular weight is 572 g/mol. The van der Waals surface area contributed by atoms with E-state index in [0.29, 0.717) is 27.8 Å². The van der Waals surface area contributed by atoms with Crippen molar-refractivity contribution >= 4 is 49.5 Å². The number of benzene rings is 2. The highest BCUT2D eigenvalue weighted by Crippen LogP contribution is 2.35. The van der Waals surface area contributed by atoms with Crippen LogP contribution in [0.15, 0.2) is 42.7 Å². The summed E-state index contributed by atoms with van der Waals surface area (Å²) in [5.41, 5.74) is 1.73. The first-order chi connectivity index (χ1) is 18.7. The van der Waals surface area contributed by atoms with E-state index in [0.717, 1.165) is 24.2 Å². The van der Waals surface area contributed by atoms with Crippen LogP contribution in [0.25, 0.3) is 27.0 Å². The fourth-order valence-electron chi connectivity index (χ4n) is 3.90. The Hall–Kier alpha value is -4.11. The maximum atomic E-state index is 15.1. The minimum Gasteiger partial charge on any atom is -0.352 e. The van der Waals surface area contributed by atoms with Gasteiger partial charge in [0, 0.05) is 18.0 Å². The number of carbonyl (C=O) groups is 3. The molecule has 0 bridgehead atoms. The Bertz CT molecular complexity index is 1640. The molecular weight excluding hydrogens is 549 g/mol. The van der Waals surface area contributed by atoms with Gasteiger partial charge in [-0.05, 0) is 53.1 Å². The van der Waals surface area contributed by atoms with E-state index in [1.54, 1.807) is 24.3 Å². The molecule has 2 heterocycles. The number of hydrogen-bond acceptors (Lipinski definition) is 10. The molecule has 0 radical (unpaired) electrons. The van der Waals surface area contributed by atoms with E-state index in [9.17, 15) is 22.8 Å². The number of carbonyl (C=O) groups excluding carboxylic acids is 3. The number of fused-ring (bicyclic) bond motifs is 1. The zero-order valence-corrected chi connectivity index (χ0v) is 21.9. The molecule has 1 fully saturated rings. The van der Waals surface area contributed by atoms with Gasteiger partial charge in [-0.1, -0.05) is 12.1 Å². The van der Waals surface area contributed by atoms with Crippen molar-refractivity contribution in [3.05, 3.63) is 53.6 Å². The number of amides is 2. The number of nitrogens with zero attached hydrogens (tertiary/aromatic N) is 5. The Morgan fingerprint density at radius 3 is 2.64 bits per heavy atom. The number of sulfone groups is 1. The van der Waals surface area contributed by atoms with Crippen molar-refractivity contribution < 1.29 is 27.2 Å². The van der Waals surface area contributed by atoms with Gasteiger partial charge in [0.25, 0.3) is 0 Å². The van der Waals surface area contributed by atoms with Crippen LogP contribution in [-0.2, 0) is 24.2 Å². The topological polar surface area (TPSA) is 166 Å². The molecule has 1 unspecified atom stereocenters. The molecule has 1 saturated carbocycles. The second kappa shape index (κ2) is 10.9. The van der Waals surface area contributed by atoms with Gasteiger partial charge in [0.05, 0.1) is 28.2 Å². The fourth-order valence-corrected chi connectivity index (χ4v) is 6.87. The highest BCUT2D eigenvalue weighted by molar-refractivity contribution is 7.92. The summed E-state index contributed by atoms with van der Waals surface area (Å²) in [6, 6.07) is 9.57. The van der Waals surface area contributed by atoms with Gasteiger partial charge >= 0.3 is 0 Å². The van der Waals surface area contributed by atoms with Crippen molar-refractivity contribution in [1.82, 2.24) is 35.8 Å². The maximum absolute atomic E-state index is 15.1. The monoisotopic (exact) mass is 571 g/mol. The van der Waals surface area contributed by atoms with Crippen molar-refractivity contribution in [2.24, 2.45) is 0 Å². The second-order valence-corrected chi connectivity index (χ2v) is 12.2. The lowest BCUT2D eigenvalue weighted by atomic mass is 10.0. The van der Waals surface area contributed by atoms with Gasteiger partial charge in [-0.15, -0.1) is 16.4 Å². The average Bonchev–Trinajstić information content (AvgIpc) is 3.38. The second-order valence-electron chi connectivity index (χ2n) is 8.92. The van der Waals surface area contributed by atoms with E-state index in [-0.39, 0.29) is 23.0 Å². The SMILES string of the molecule is O=CCCS(=O)(=O)C(C(=O)NCC(=O)NC1CC1)c1nc2cc(-c3ccc(-n4cnnn4)cc3)c(F)cc2s1. The smallest absolute Gasteiger partial charge is 0.245 e. The highest BCUT2D eigenvalue weighted by atomic mass is 32.2. The molecular formula is C24H22FN7O5S2. The third kappa shape index (κ3) is 5.98. The van der Waals surface area contributed by atoms with Crippen molar-refractivity contribution in [1.29, 1.82) is 0 Å². The van der Waals surface area contributed by atoms with Crippen LogP contribution in [0, 0.1) is 5.82 Å². The molecule has 2 aromatic heterocycles. The van der Waals surface area contributed by atoms with Gasteiger partial charge in [0.2, 0.25) is 11.8 Å². The Balaban J connectivity index is 1.45. The van der Waals surface area contributed by atoms with Crippen LogP contribution in [0.3, 0.4) is 0 Å². The summed E-state index contributed by atoms with van der Waals surface area (Å²) in [5.74, 6) is -2.51. The van der Waals surface area contributed by atoms with Crippen LogP contribution < -0.4 is 10.6 Å². The van der Waals surface area contributed by atoms with E-state index in [2.05, 4.69) is 31.1 Å². The summed E-state index contributed by atoms with van der Waals surface area (Å²) >= 11 is 0.862. The van der Waals surface area contributed by atoms with Gasteiger partial charge in [-0.2, -0.15) is 0 Å². The molecule has 0 spiro atoms. The molecule has 0 saturated heterocycles. The van der Waals surface area contributed by atoms with Gasteiger partial charge in [-0.25, -0.2) is 22.5 Å². The van der Waals surface area contributed by atoms with Gasteiger partial charge in [-0.3, -0.25) is 9.59 Å². The van der Waals surface area contributed by atoms with E-state index >= 15 is 4.39 Å². The van der Waals surface area contributed by atoms with Gasteiger partial charge < -0.3 is 15.4 Å². The maximum Gasteiger partial charge on any atom is 0.245 e. The molecule has 2 N–H and O–H groups in total. The summed E-state index contributed by atoms with van der Waals surface area (Å²) in [5, 5.41) is 14.2. The summed E-state index contributed by atoms with van der Waals surface area (Å²) in [6.45, 7) is -0.403. The number of aldehydes is 1. The molecule has 202 valence electrons. The largest absolute Gasteiger partial charge is 0.352 e. The van der Waals surface area contributed by atoms with Crippen LogP contribution in [0.2, 0.25) is 0 Å². The zero-order valence-electron chi connectivity index (χ0n) is 20.3. The van der Waals surface area contributed by atoms with E-state index in [1.165, 1.54) is 23.1 Å². The summed E-state index contributed by atoms with van der Waals surface area (Å²) in [6.07, 6.45) is 3.28. The number of thiazole rings is 1. The van der Waals surface area contributed by atoms with Crippen LogP contribution in [0.1, 0.15) is 29.5 Å². The van der Waals surface area contributed by atoms with Gasteiger partial charge in [0.15, 0.2) is 15.1 Å². The first-order valence-corrected chi connectivity index (χ1v) is 14.4. The number of aromatic nitrogens is 5. The predicted molar refractivity (Wildman–Crippen MR) is 139 cm³/mol. The number of nitrogens with one attached hydrogen (secondary N) is 2. The van der Waals surface area contributed by atoms with E-state index in [1.807, 2.05) is 0 Å². The first kappa shape index (κ1) is 26.5. The van der Waals surface area contributed by atoms with Crippen molar-refractivity contribution in [2.75, 3.05) is 12.3 Å². The zero-order chi connectivity index (χ0) is 27.6. The summed E-state index contributed by atoms with van der Waals surface area (Å²) in [4.78, 5) is 40.3. The predicted octanol–water partition coefficient (Wildman–Crippen LogP) is 1.52. The van der Waals surface area contributed by atoms with Crippen LogP contribution >= 0.6 is 11.3 Å². The number of tetrazole rings is 1. The molecule has 12 nitrogen and oxygen atoms in total. The normalized spacial score (nSPS) is 14.2. The molecule has 2 aromatic carbocycles. The lowest BCUT2D eigenvalue weighted by Gasteiger charge is -2.15. The molecule has 4 aromatic rings. The standard InChI is InChI=1S/C24H22FN7O5S2/c25-18-11-20-19(10-17(18)14-2-6-16(7-3-14)32-13-27-30-31-32)29-24(38-20)22(39(36,37)9-1-8-33)23(35)26-12-21(34)28-15-4-5-15/h2-3,6-8,10-11,13,15,22H,1,4-5,9,12H2,(H,26,35)(H,28,34). The molecule has 1 atom stereocenters. The lowest BCUT2D eigenvalue weighted by Crippen LogP contribution is -2.41. The minimum atomic E-state index is -4.18. The van der Waals surface area contributed by atoms with Crippen molar-refractivity contribution in [2.45, 2.75) is 30.6 Å². The van der Waals surface area contributed by atoms with Gasteiger partial charge in [0.1, 0.15) is 23.4 Å². The van der Waals surface area contributed by atoms with E-state index < -0.39 is 45.0 Å². The molecule has 5 rings (SSSR count). The molecule has 15 heteroatoms. The third-order valence-electron chi connectivity index (χ3n) is 5.99. The Labute approximate surface area is 225 Å². The number of hydrogen-bond donors (Lipinski definition) is 2. The highest BCUT2D eigenvalue weighted by Gasteiger charge is 2.37. The Morgan fingerprint density at radius 2 is 1.97 bits per heavy atom. The lowest BCUT2D eigenvalue weighted by molar-refractivity contribution is -0.126. The molecule has 2 amide bonds. The quantitative estimate of drug-likeness (QED) is 0.254.